The van der Waals surface area contributed by atoms with E-state index in [1.54, 1.807) is 6.20 Å². The van der Waals surface area contributed by atoms with Gasteiger partial charge in [0.25, 0.3) is 5.91 Å². The van der Waals surface area contributed by atoms with Gasteiger partial charge < -0.3 is 5.32 Å². The zero-order valence-corrected chi connectivity index (χ0v) is 19.8. The van der Waals surface area contributed by atoms with E-state index in [4.69, 9.17) is 10.1 Å². The standard InChI is InChI=1S/C29H26N6O/c36-29(31-22-7-4-6-19(16-22)18-34-15-5-14-30-34)24-17-25(20-10-11-20)32-28-26(24)27(21-12-13-21)33-35(28)23-8-2-1-3-9-23/h1-9,14-17,20-21H,10-13,18H2,(H,31,36). The Bertz CT molecular complexity index is 1560. The van der Waals surface area contributed by atoms with Gasteiger partial charge in [0, 0.05) is 35.6 Å². The van der Waals surface area contributed by atoms with Crippen LogP contribution in [-0.4, -0.2) is 30.5 Å². The van der Waals surface area contributed by atoms with Crippen LogP contribution in [0.1, 0.15) is 64.8 Å². The van der Waals surface area contributed by atoms with Crippen LogP contribution in [0.25, 0.3) is 16.7 Å². The number of hydrogen-bond acceptors (Lipinski definition) is 4. The summed E-state index contributed by atoms with van der Waals surface area (Å²) in [5.41, 5.74) is 6.23. The molecule has 7 rings (SSSR count). The number of nitrogens with zero attached hydrogens (tertiary/aromatic N) is 5. The monoisotopic (exact) mass is 474 g/mol. The average molecular weight is 475 g/mol. The van der Waals surface area contributed by atoms with Crippen LogP contribution in [0.3, 0.4) is 0 Å². The molecule has 1 N–H and O–H groups in total. The molecule has 2 aromatic carbocycles. The molecule has 0 spiro atoms. The number of aromatic nitrogens is 5. The summed E-state index contributed by atoms with van der Waals surface area (Å²) in [4.78, 5) is 18.9. The second-order valence-electron chi connectivity index (χ2n) is 9.83. The van der Waals surface area contributed by atoms with Crippen molar-refractivity contribution in [3.8, 4) is 5.69 Å². The fourth-order valence-corrected chi connectivity index (χ4v) is 4.85. The third-order valence-corrected chi connectivity index (χ3v) is 6.98. The fraction of sp³-hybridized carbons (Fsp3) is 0.241. The van der Waals surface area contributed by atoms with E-state index in [0.29, 0.717) is 23.9 Å². The number of fused-ring (bicyclic) bond motifs is 1. The van der Waals surface area contributed by atoms with Crippen LogP contribution < -0.4 is 5.32 Å². The highest BCUT2D eigenvalue weighted by Gasteiger charge is 2.34. The molecule has 0 saturated heterocycles. The molecule has 2 aliphatic rings. The van der Waals surface area contributed by atoms with Gasteiger partial charge in [-0.25, -0.2) is 9.67 Å². The first-order valence-corrected chi connectivity index (χ1v) is 12.6. The lowest BCUT2D eigenvalue weighted by Gasteiger charge is -2.11. The molecule has 36 heavy (non-hydrogen) atoms. The van der Waals surface area contributed by atoms with E-state index >= 15 is 0 Å². The molecule has 178 valence electrons. The fourth-order valence-electron chi connectivity index (χ4n) is 4.85. The van der Waals surface area contributed by atoms with Crippen molar-refractivity contribution < 1.29 is 4.79 Å². The number of anilines is 1. The minimum Gasteiger partial charge on any atom is -0.322 e. The molecule has 2 saturated carbocycles. The maximum Gasteiger partial charge on any atom is 0.256 e. The lowest BCUT2D eigenvalue weighted by Crippen LogP contribution is -2.14. The van der Waals surface area contributed by atoms with Gasteiger partial charge in [-0.1, -0.05) is 30.3 Å². The Balaban J connectivity index is 1.30. The summed E-state index contributed by atoms with van der Waals surface area (Å²) in [5, 5.41) is 13.3. The number of carbonyl (C=O) groups is 1. The Labute approximate surface area is 208 Å². The summed E-state index contributed by atoms with van der Waals surface area (Å²) in [6.45, 7) is 0.651. The van der Waals surface area contributed by atoms with E-state index in [9.17, 15) is 4.79 Å². The quantitative estimate of drug-likeness (QED) is 0.330. The van der Waals surface area contributed by atoms with Gasteiger partial charge in [-0.3, -0.25) is 9.48 Å². The first-order valence-electron chi connectivity index (χ1n) is 12.6. The largest absolute Gasteiger partial charge is 0.322 e. The summed E-state index contributed by atoms with van der Waals surface area (Å²) >= 11 is 0. The van der Waals surface area contributed by atoms with Crippen molar-refractivity contribution in [2.75, 3.05) is 5.32 Å². The van der Waals surface area contributed by atoms with Crippen LogP contribution in [0.2, 0.25) is 0 Å². The Morgan fingerprint density at radius 1 is 0.944 bits per heavy atom. The summed E-state index contributed by atoms with van der Waals surface area (Å²) in [5.74, 6) is 0.687. The zero-order chi connectivity index (χ0) is 24.1. The second kappa shape index (κ2) is 8.45. The van der Waals surface area contributed by atoms with Gasteiger partial charge in [-0.15, -0.1) is 0 Å². The number of para-hydroxylation sites is 1. The Morgan fingerprint density at radius 3 is 2.53 bits per heavy atom. The summed E-state index contributed by atoms with van der Waals surface area (Å²) in [7, 11) is 0. The third kappa shape index (κ3) is 3.96. The molecule has 2 aliphatic carbocycles. The van der Waals surface area contributed by atoms with Crippen LogP contribution in [0.5, 0.6) is 0 Å². The molecule has 7 nitrogen and oxygen atoms in total. The lowest BCUT2D eigenvalue weighted by molar-refractivity contribution is 0.102. The lowest BCUT2D eigenvalue weighted by atomic mass is 10.0. The summed E-state index contributed by atoms with van der Waals surface area (Å²) < 4.78 is 3.80. The Kier molecular flexibility index (Phi) is 4.94. The molecule has 0 atom stereocenters. The number of nitrogens with one attached hydrogen (secondary N) is 1. The summed E-state index contributed by atoms with van der Waals surface area (Å²) in [6, 6.07) is 22.0. The van der Waals surface area contributed by atoms with Crippen molar-refractivity contribution in [2.45, 2.75) is 44.1 Å². The molecule has 0 radical (unpaired) electrons. The molecule has 2 fully saturated rings. The molecular weight excluding hydrogens is 448 g/mol. The number of amides is 1. The minimum absolute atomic E-state index is 0.116. The SMILES string of the molecule is O=C(Nc1cccc(Cn2cccn2)c1)c1cc(C2CC2)nc2c1c(C1CC1)nn2-c1ccccc1. The predicted molar refractivity (Wildman–Crippen MR) is 139 cm³/mol. The van der Waals surface area contributed by atoms with Crippen LogP contribution in [-0.2, 0) is 6.54 Å². The van der Waals surface area contributed by atoms with E-state index in [2.05, 4.69) is 10.4 Å². The number of carbonyl (C=O) groups excluding carboxylic acids is 1. The topological polar surface area (TPSA) is 77.6 Å². The molecule has 0 aliphatic heterocycles. The van der Waals surface area contributed by atoms with Gasteiger partial charge in [-0.05, 0) is 67.6 Å². The first kappa shape index (κ1) is 21.1. The number of benzene rings is 2. The van der Waals surface area contributed by atoms with Crippen LogP contribution in [0, 0.1) is 0 Å². The highest BCUT2D eigenvalue weighted by Crippen LogP contribution is 2.45. The average Bonchev–Trinajstić information content (AvgIpc) is 3.84. The molecule has 3 aromatic heterocycles. The second-order valence-corrected chi connectivity index (χ2v) is 9.83. The van der Waals surface area contributed by atoms with Crippen LogP contribution in [0.15, 0.2) is 79.1 Å². The smallest absolute Gasteiger partial charge is 0.256 e. The molecule has 0 unspecified atom stereocenters. The van der Waals surface area contributed by atoms with Gasteiger partial charge in [0.05, 0.1) is 28.9 Å². The van der Waals surface area contributed by atoms with Crippen molar-refractivity contribution in [3.63, 3.8) is 0 Å². The maximum absolute atomic E-state index is 13.8. The highest BCUT2D eigenvalue weighted by molar-refractivity contribution is 6.13. The molecule has 3 heterocycles. The van der Waals surface area contributed by atoms with Crippen molar-refractivity contribution in [1.29, 1.82) is 0 Å². The molecule has 0 bridgehead atoms. The highest BCUT2D eigenvalue weighted by atomic mass is 16.1. The predicted octanol–water partition coefficient (Wildman–Crippen LogP) is 5.67. The van der Waals surface area contributed by atoms with E-state index in [-0.39, 0.29) is 5.91 Å². The van der Waals surface area contributed by atoms with E-state index < -0.39 is 0 Å². The molecule has 1 amide bonds. The summed E-state index contributed by atoms with van der Waals surface area (Å²) in [6.07, 6.45) is 8.13. The van der Waals surface area contributed by atoms with Crippen LogP contribution >= 0.6 is 0 Å². The normalized spacial score (nSPS) is 15.3. The van der Waals surface area contributed by atoms with E-state index in [1.165, 1.54) is 0 Å². The Hall–Kier alpha value is -4.26. The van der Waals surface area contributed by atoms with Gasteiger partial charge in [0.2, 0.25) is 0 Å². The minimum atomic E-state index is -0.116. The Morgan fingerprint density at radius 2 is 1.78 bits per heavy atom. The van der Waals surface area contributed by atoms with Crippen LogP contribution in [0.4, 0.5) is 5.69 Å². The van der Waals surface area contributed by atoms with Gasteiger partial charge >= 0.3 is 0 Å². The van der Waals surface area contributed by atoms with Crippen molar-refractivity contribution in [1.82, 2.24) is 24.5 Å². The molecule has 5 aromatic rings. The third-order valence-electron chi connectivity index (χ3n) is 6.98. The molecular formula is C29H26N6O. The van der Waals surface area contributed by atoms with Gasteiger partial charge in [0.1, 0.15) is 0 Å². The van der Waals surface area contributed by atoms with E-state index in [0.717, 1.165) is 65.0 Å². The number of rotatable bonds is 7. The first-order chi connectivity index (χ1) is 17.7. The zero-order valence-electron chi connectivity index (χ0n) is 19.8. The number of hydrogen-bond donors (Lipinski definition) is 1. The van der Waals surface area contributed by atoms with Crippen molar-refractivity contribution in [2.24, 2.45) is 0 Å². The van der Waals surface area contributed by atoms with Gasteiger partial charge in [-0.2, -0.15) is 10.2 Å². The maximum atomic E-state index is 13.8. The van der Waals surface area contributed by atoms with E-state index in [1.807, 2.05) is 82.3 Å². The van der Waals surface area contributed by atoms with Crippen molar-refractivity contribution >= 4 is 22.6 Å². The van der Waals surface area contributed by atoms with Gasteiger partial charge in [0.15, 0.2) is 5.65 Å². The molecule has 7 heteroatoms. The van der Waals surface area contributed by atoms with Crippen molar-refractivity contribution in [3.05, 3.63) is 102 Å². The number of pyridine rings is 1.